The average molecular weight is 423 g/mol. The van der Waals surface area contributed by atoms with Crippen LogP contribution in [0.25, 0.3) is 0 Å². The Morgan fingerprint density at radius 1 is 1.07 bits per heavy atom. The number of hydrogen-bond acceptors (Lipinski definition) is 4. The third-order valence-corrected chi connectivity index (χ3v) is 6.96. The highest BCUT2D eigenvalue weighted by atomic mass is 35.5. The highest BCUT2D eigenvalue weighted by Gasteiger charge is 2.30. The molecule has 0 aliphatic carbocycles. The summed E-state index contributed by atoms with van der Waals surface area (Å²) in [7, 11) is -1.99. The Labute approximate surface area is 170 Å². The molecule has 1 saturated heterocycles. The highest BCUT2D eigenvalue weighted by Crippen LogP contribution is 2.22. The number of carbonyl (C=O) groups is 1. The fraction of sp³-hybridized carbons (Fsp3) is 0.350. The molecule has 0 atom stereocenters. The topological polar surface area (TPSA) is 66.9 Å². The molecule has 8 heteroatoms. The summed E-state index contributed by atoms with van der Waals surface area (Å²) in [6, 6.07) is 13.9. The van der Waals surface area contributed by atoms with Crippen molar-refractivity contribution in [3.63, 3.8) is 0 Å². The second-order valence-corrected chi connectivity index (χ2v) is 8.93. The summed E-state index contributed by atoms with van der Waals surface area (Å²) >= 11 is 5.92. The van der Waals surface area contributed by atoms with Crippen molar-refractivity contribution in [3.8, 4) is 5.75 Å². The van der Waals surface area contributed by atoms with Gasteiger partial charge in [-0.2, -0.15) is 4.31 Å². The Bertz CT molecular complexity index is 941. The van der Waals surface area contributed by atoms with Crippen LogP contribution in [-0.2, 0) is 21.2 Å². The number of benzene rings is 2. The second kappa shape index (κ2) is 8.94. The Morgan fingerprint density at radius 3 is 2.46 bits per heavy atom. The van der Waals surface area contributed by atoms with E-state index in [1.807, 2.05) is 24.3 Å². The van der Waals surface area contributed by atoms with Crippen LogP contribution in [0.5, 0.6) is 5.75 Å². The van der Waals surface area contributed by atoms with Gasteiger partial charge in [0, 0.05) is 37.6 Å². The van der Waals surface area contributed by atoms with Gasteiger partial charge in [-0.3, -0.25) is 4.79 Å². The summed E-state index contributed by atoms with van der Waals surface area (Å²) in [5.41, 5.74) is 0.987. The number of aryl methyl sites for hydroxylation is 1. The van der Waals surface area contributed by atoms with E-state index in [0.29, 0.717) is 31.0 Å². The summed E-state index contributed by atoms with van der Waals surface area (Å²) in [5.74, 6) is 0.790. The lowest BCUT2D eigenvalue weighted by Gasteiger charge is -2.34. The molecule has 0 N–H and O–H groups in total. The first-order valence-electron chi connectivity index (χ1n) is 9.07. The number of hydrogen-bond donors (Lipinski definition) is 0. The van der Waals surface area contributed by atoms with Gasteiger partial charge in [0.2, 0.25) is 15.9 Å². The smallest absolute Gasteiger partial charge is 0.243 e. The minimum Gasteiger partial charge on any atom is -0.496 e. The maximum atomic E-state index is 12.7. The minimum absolute atomic E-state index is 0.0192. The van der Waals surface area contributed by atoms with Crippen molar-refractivity contribution in [1.29, 1.82) is 0 Å². The van der Waals surface area contributed by atoms with Gasteiger partial charge in [0.25, 0.3) is 0 Å². The van der Waals surface area contributed by atoms with Crippen LogP contribution >= 0.6 is 11.6 Å². The molecule has 0 bridgehead atoms. The molecular weight excluding hydrogens is 400 g/mol. The summed E-state index contributed by atoms with van der Waals surface area (Å²) in [4.78, 5) is 14.4. The molecule has 150 valence electrons. The van der Waals surface area contributed by atoms with Crippen LogP contribution in [0.1, 0.15) is 12.0 Å². The molecule has 0 saturated carbocycles. The maximum absolute atomic E-state index is 12.7. The van der Waals surface area contributed by atoms with Gasteiger partial charge < -0.3 is 9.64 Å². The standard InChI is InChI=1S/C20H23ClN2O4S/c1-27-19-8-3-2-5-16(19)9-10-20(24)22-11-13-23(14-12-22)28(25,26)18-7-4-6-17(21)15-18/h2-8,15H,9-14H2,1H3. The number of carbonyl (C=O) groups excluding carboxylic acids is 1. The summed E-state index contributed by atoms with van der Waals surface area (Å²) in [6.45, 7) is 1.31. The zero-order chi connectivity index (χ0) is 20.1. The van der Waals surface area contributed by atoms with Gasteiger partial charge in [0.05, 0.1) is 12.0 Å². The Hall–Kier alpha value is -2.09. The third kappa shape index (κ3) is 4.66. The molecular formula is C20H23ClN2O4S. The molecule has 28 heavy (non-hydrogen) atoms. The Balaban J connectivity index is 1.57. The molecule has 0 aromatic heterocycles. The van der Waals surface area contributed by atoms with Crippen molar-refractivity contribution in [1.82, 2.24) is 9.21 Å². The number of nitrogens with zero attached hydrogens (tertiary/aromatic N) is 2. The van der Waals surface area contributed by atoms with Crippen molar-refractivity contribution >= 4 is 27.5 Å². The minimum atomic E-state index is -3.60. The number of para-hydroxylation sites is 1. The number of sulfonamides is 1. The first kappa shape index (κ1) is 20.6. The average Bonchev–Trinajstić information content (AvgIpc) is 2.72. The van der Waals surface area contributed by atoms with Gasteiger partial charge in [0.15, 0.2) is 0 Å². The van der Waals surface area contributed by atoms with E-state index in [4.69, 9.17) is 16.3 Å². The number of amides is 1. The fourth-order valence-electron chi connectivity index (χ4n) is 3.26. The normalized spacial score (nSPS) is 15.4. The first-order valence-corrected chi connectivity index (χ1v) is 10.9. The molecule has 1 aliphatic heterocycles. The van der Waals surface area contributed by atoms with E-state index in [9.17, 15) is 13.2 Å². The number of ether oxygens (including phenoxy) is 1. The van der Waals surface area contributed by atoms with Crippen molar-refractivity contribution in [2.24, 2.45) is 0 Å². The van der Waals surface area contributed by atoms with Crippen LogP contribution in [0.15, 0.2) is 53.4 Å². The van der Waals surface area contributed by atoms with Crippen LogP contribution in [0, 0.1) is 0 Å². The number of methoxy groups -OCH3 is 1. The second-order valence-electron chi connectivity index (χ2n) is 6.55. The first-order chi connectivity index (χ1) is 13.4. The van der Waals surface area contributed by atoms with E-state index in [1.165, 1.54) is 16.4 Å². The highest BCUT2D eigenvalue weighted by molar-refractivity contribution is 7.89. The molecule has 1 fully saturated rings. The molecule has 2 aromatic rings. The van der Waals surface area contributed by atoms with E-state index >= 15 is 0 Å². The van der Waals surface area contributed by atoms with Crippen molar-refractivity contribution in [3.05, 3.63) is 59.1 Å². The molecule has 3 rings (SSSR count). The summed E-state index contributed by atoms with van der Waals surface area (Å²) in [6.07, 6.45) is 0.950. The largest absolute Gasteiger partial charge is 0.496 e. The molecule has 6 nitrogen and oxygen atoms in total. The molecule has 2 aromatic carbocycles. The van der Waals surface area contributed by atoms with E-state index in [-0.39, 0.29) is 23.9 Å². The number of rotatable bonds is 6. The van der Waals surface area contributed by atoms with Crippen molar-refractivity contribution < 1.29 is 17.9 Å². The summed E-state index contributed by atoms with van der Waals surface area (Å²) in [5, 5.41) is 0.381. The number of piperazine rings is 1. The lowest BCUT2D eigenvalue weighted by molar-refractivity contribution is -0.132. The third-order valence-electron chi connectivity index (χ3n) is 4.83. The van der Waals surface area contributed by atoms with E-state index < -0.39 is 10.0 Å². The molecule has 1 aliphatic rings. The predicted octanol–water partition coefficient (Wildman–Crippen LogP) is 2.81. The van der Waals surface area contributed by atoms with Crippen LogP contribution in [-0.4, -0.2) is 56.8 Å². The van der Waals surface area contributed by atoms with E-state index in [2.05, 4.69) is 0 Å². The quantitative estimate of drug-likeness (QED) is 0.717. The van der Waals surface area contributed by atoms with Crippen molar-refractivity contribution in [2.75, 3.05) is 33.3 Å². The van der Waals surface area contributed by atoms with Crippen molar-refractivity contribution in [2.45, 2.75) is 17.7 Å². The SMILES string of the molecule is COc1ccccc1CCC(=O)N1CCN(S(=O)(=O)c2cccc(Cl)c2)CC1. The Morgan fingerprint density at radius 2 is 1.79 bits per heavy atom. The van der Waals surface area contributed by atoms with Crippen LogP contribution < -0.4 is 4.74 Å². The van der Waals surface area contributed by atoms with Gasteiger partial charge in [-0.05, 0) is 36.2 Å². The van der Waals surface area contributed by atoms with Gasteiger partial charge in [-0.25, -0.2) is 8.42 Å². The van der Waals surface area contributed by atoms with Crippen LogP contribution in [0.3, 0.4) is 0 Å². The van der Waals surface area contributed by atoms with Gasteiger partial charge >= 0.3 is 0 Å². The molecule has 0 spiro atoms. The predicted molar refractivity (Wildman–Crippen MR) is 108 cm³/mol. The van der Waals surface area contributed by atoms with E-state index in [0.717, 1.165) is 11.3 Å². The fourth-order valence-corrected chi connectivity index (χ4v) is 4.99. The van der Waals surface area contributed by atoms with E-state index in [1.54, 1.807) is 24.1 Å². The van der Waals surface area contributed by atoms with Crippen LogP contribution in [0.4, 0.5) is 0 Å². The Kier molecular flexibility index (Phi) is 6.59. The summed E-state index contributed by atoms with van der Waals surface area (Å²) < 4.78 is 32.2. The zero-order valence-corrected chi connectivity index (χ0v) is 17.2. The van der Waals surface area contributed by atoms with Crippen LogP contribution in [0.2, 0.25) is 5.02 Å². The van der Waals surface area contributed by atoms with Gasteiger partial charge in [-0.1, -0.05) is 35.9 Å². The maximum Gasteiger partial charge on any atom is 0.243 e. The lowest BCUT2D eigenvalue weighted by atomic mass is 10.1. The number of halogens is 1. The van der Waals surface area contributed by atoms with Gasteiger partial charge in [0.1, 0.15) is 5.75 Å². The molecule has 1 heterocycles. The molecule has 1 amide bonds. The zero-order valence-electron chi connectivity index (χ0n) is 15.7. The lowest BCUT2D eigenvalue weighted by Crippen LogP contribution is -2.50. The molecule has 0 radical (unpaired) electrons. The molecule has 0 unspecified atom stereocenters. The monoisotopic (exact) mass is 422 g/mol. The van der Waals surface area contributed by atoms with Gasteiger partial charge in [-0.15, -0.1) is 0 Å².